The Labute approximate surface area is 284 Å². The molecule has 11 nitrogen and oxygen atoms in total. The molecule has 0 bridgehead atoms. The molecule has 4 aliphatic heterocycles. The number of aliphatic hydroxyl groups is 1. The first-order chi connectivity index (χ1) is 23.2. The van der Waals surface area contributed by atoms with Gasteiger partial charge in [-0.25, -0.2) is 0 Å². The summed E-state index contributed by atoms with van der Waals surface area (Å²) in [5, 5.41) is 13.1. The number of nitrogens with zero attached hydrogens (tertiary/aromatic N) is 2. The van der Waals surface area contributed by atoms with Gasteiger partial charge in [-0.05, 0) is 37.0 Å². The average molecular weight is 678 g/mol. The average Bonchev–Trinajstić information content (AvgIpc) is 3.45. The molecular weight excluding hydrogens is 638 g/mol. The maximum atomic E-state index is 14.7. The molecule has 1 spiro atoms. The lowest BCUT2D eigenvalue weighted by atomic mass is 9.77. The quantitative estimate of drug-likeness (QED) is 0.337. The highest BCUT2D eigenvalue weighted by molar-refractivity contribution is 6.34. The van der Waals surface area contributed by atoms with E-state index in [-0.39, 0.29) is 45.1 Å². The molecule has 4 heterocycles. The Kier molecular flexibility index (Phi) is 10.0. The number of benzene rings is 2. The van der Waals surface area contributed by atoms with Crippen LogP contribution >= 0.6 is 11.6 Å². The van der Waals surface area contributed by atoms with Crippen molar-refractivity contribution < 1.29 is 38.5 Å². The summed E-state index contributed by atoms with van der Waals surface area (Å²) in [6.45, 7) is 1.97. The first kappa shape index (κ1) is 33.9. The van der Waals surface area contributed by atoms with Crippen LogP contribution in [0.4, 0.5) is 5.69 Å². The second-order valence-corrected chi connectivity index (χ2v) is 13.0. The minimum absolute atomic E-state index is 0.0663. The number of hydrogen-bond acceptors (Lipinski definition) is 8. The number of anilines is 1. The highest BCUT2D eigenvalue weighted by Gasteiger charge is 2.72. The van der Waals surface area contributed by atoms with Crippen molar-refractivity contribution in [1.29, 1.82) is 0 Å². The number of cyclic esters (lactones) is 1. The van der Waals surface area contributed by atoms with Crippen LogP contribution in [0.5, 0.6) is 0 Å². The number of carbonyl (C=O) groups is 4. The number of methoxy groups -OCH3 is 1. The third kappa shape index (κ3) is 6.04. The molecule has 4 aliphatic rings. The number of ether oxygens (including phenoxy) is 3. The van der Waals surface area contributed by atoms with Crippen LogP contribution < -0.4 is 10.2 Å². The molecule has 12 heteroatoms. The Hall–Kier alpha value is -4.03. The maximum Gasteiger partial charge on any atom is 0.313 e. The zero-order valence-electron chi connectivity index (χ0n) is 26.9. The standard InChI is InChI=1S/C36H40ClN3O8/c1-22-11-8-14-24(37)30(22)39-18-9-17-36-29(33(43)40(19-10-20-41)32(36)34(39)44)28-26(48-36)15-6-7-16-27(42)38-25(21-46-2)31(47-35(28)45)23-12-4-3-5-13-23/h3-6,8-9,11-15,17,25-26,28-29,31-32,41H,7,10,16,18-21H2,1-2H3,(H,38,42)/b15-6-/t25-,26-,28+,29+,31-,32-,36+/m1/s1. The molecule has 0 radical (unpaired) electrons. The van der Waals surface area contributed by atoms with Gasteiger partial charge < -0.3 is 34.4 Å². The number of fused-ring (bicyclic) bond motifs is 2. The zero-order valence-corrected chi connectivity index (χ0v) is 27.7. The lowest BCUT2D eigenvalue weighted by Crippen LogP contribution is -2.55. The number of halogens is 1. The molecule has 2 aromatic carbocycles. The lowest BCUT2D eigenvalue weighted by molar-refractivity contribution is -0.162. The summed E-state index contributed by atoms with van der Waals surface area (Å²) in [5.41, 5.74) is 0.430. The van der Waals surface area contributed by atoms with Gasteiger partial charge in [0, 0.05) is 33.2 Å². The molecular formula is C36H40ClN3O8. The molecule has 2 saturated heterocycles. The van der Waals surface area contributed by atoms with Gasteiger partial charge in [0.2, 0.25) is 11.8 Å². The van der Waals surface area contributed by atoms with Gasteiger partial charge in [-0.3, -0.25) is 19.2 Å². The van der Waals surface area contributed by atoms with Crippen LogP contribution in [-0.2, 0) is 33.4 Å². The number of para-hydroxylation sites is 1. The number of likely N-dealkylation sites (tertiary alicyclic amines) is 1. The van der Waals surface area contributed by atoms with Crippen molar-refractivity contribution in [3.8, 4) is 0 Å². The smallest absolute Gasteiger partial charge is 0.313 e. The van der Waals surface area contributed by atoms with Crippen molar-refractivity contribution in [3.05, 3.63) is 89.0 Å². The van der Waals surface area contributed by atoms with E-state index in [0.717, 1.165) is 5.56 Å². The first-order valence-corrected chi connectivity index (χ1v) is 16.6. The van der Waals surface area contributed by atoms with Crippen LogP contribution in [0.3, 0.4) is 0 Å². The number of hydrogen-bond donors (Lipinski definition) is 2. The SMILES string of the molecule is COC[C@H]1NC(=O)CC/C=C\[C@H]2O[C@]34C=CCN(c5c(C)cccc5Cl)C(=O)[C@H]3N(CCCO)C(=O)[C@@H]4[C@H]2C(=O)O[C@@H]1c1ccccc1. The number of carbonyl (C=O) groups excluding carboxylic acids is 4. The van der Waals surface area contributed by atoms with Crippen LogP contribution in [0.15, 0.2) is 72.8 Å². The molecule has 2 fully saturated rings. The Balaban J connectivity index is 1.45. The lowest BCUT2D eigenvalue weighted by Gasteiger charge is -2.36. The second-order valence-electron chi connectivity index (χ2n) is 12.6. The van der Waals surface area contributed by atoms with E-state index in [9.17, 15) is 24.3 Å². The van der Waals surface area contributed by atoms with Gasteiger partial charge in [0.15, 0.2) is 0 Å². The molecule has 48 heavy (non-hydrogen) atoms. The van der Waals surface area contributed by atoms with E-state index in [1.54, 1.807) is 53.5 Å². The fourth-order valence-corrected chi connectivity index (χ4v) is 7.86. The zero-order chi connectivity index (χ0) is 34.0. The number of rotatable bonds is 7. The number of aryl methyl sites for hydroxylation is 1. The van der Waals surface area contributed by atoms with Gasteiger partial charge in [0.1, 0.15) is 23.7 Å². The van der Waals surface area contributed by atoms with E-state index < -0.39 is 59.5 Å². The van der Waals surface area contributed by atoms with E-state index >= 15 is 0 Å². The van der Waals surface area contributed by atoms with Crippen LogP contribution in [0.2, 0.25) is 5.02 Å². The van der Waals surface area contributed by atoms with E-state index in [1.165, 1.54) is 12.0 Å². The third-order valence-electron chi connectivity index (χ3n) is 9.57. The summed E-state index contributed by atoms with van der Waals surface area (Å²) < 4.78 is 18.5. The van der Waals surface area contributed by atoms with E-state index in [2.05, 4.69) is 5.32 Å². The molecule has 254 valence electrons. The van der Waals surface area contributed by atoms with Crippen molar-refractivity contribution >= 4 is 41.0 Å². The molecule has 2 aromatic rings. The molecule has 7 atom stereocenters. The minimum Gasteiger partial charge on any atom is -0.455 e. The monoisotopic (exact) mass is 677 g/mol. The topological polar surface area (TPSA) is 135 Å². The van der Waals surface area contributed by atoms with Gasteiger partial charge >= 0.3 is 5.97 Å². The van der Waals surface area contributed by atoms with Crippen molar-refractivity contribution in [2.24, 2.45) is 11.8 Å². The summed E-state index contributed by atoms with van der Waals surface area (Å²) in [4.78, 5) is 59.7. The summed E-state index contributed by atoms with van der Waals surface area (Å²) >= 11 is 6.63. The number of nitrogens with one attached hydrogen (secondary N) is 1. The minimum atomic E-state index is -1.52. The predicted octanol–water partition coefficient (Wildman–Crippen LogP) is 3.28. The first-order valence-electron chi connectivity index (χ1n) is 16.3. The molecule has 0 aliphatic carbocycles. The van der Waals surface area contributed by atoms with Gasteiger partial charge in [0.05, 0.1) is 35.4 Å². The Morgan fingerprint density at radius 2 is 1.85 bits per heavy atom. The number of amides is 3. The predicted molar refractivity (Wildman–Crippen MR) is 177 cm³/mol. The van der Waals surface area contributed by atoms with Gasteiger partial charge in [0.25, 0.3) is 5.91 Å². The van der Waals surface area contributed by atoms with Crippen molar-refractivity contribution in [3.63, 3.8) is 0 Å². The maximum absolute atomic E-state index is 14.7. The van der Waals surface area contributed by atoms with Gasteiger partial charge in [-0.2, -0.15) is 0 Å². The van der Waals surface area contributed by atoms with Crippen LogP contribution in [0.1, 0.15) is 36.5 Å². The van der Waals surface area contributed by atoms with Crippen LogP contribution in [0, 0.1) is 18.8 Å². The second kappa shape index (κ2) is 14.2. The number of allylic oxidation sites excluding steroid dienone is 1. The highest BCUT2D eigenvalue weighted by Crippen LogP contribution is 2.54. The summed E-state index contributed by atoms with van der Waals surface area (Å²) in [5.74, 6) is -4.00. The largest absolute Gasteiger partial charge is 0.455 e. The summed E-state index contributed by atoms with van der Waals surface area (Å²) in [7, 11) is 1.50. The normalized spacial score (nSPS) is 31.2. The van der Waals surface area contributed by atoms with Gasteiger partial charge in [-0.15, -0.1) is 0 Å². The van der Waals surface area contributed by atoms with E-state index in [4.69, 9.17) is 25.8 Å². The molecule has 6 rings (SSSR count). The van der Waals surface area contributed by atoms with Crippen LogP contribution in [-0.4, -0.2) is 90.9 Å². The fraction of sp³-hybridized carbons (Fsp3) is 0.444. The van der Waals surface area contributed by atoms with Gasteiger partial charge in [-0.1, -0.05) is 78.4 Å². The summed E-state index contributed by atoms with van der Waals surface area (Å²) in [6, 6.07) is 12.6. The van der Waals surface area contributed by atoms with Crippen molar-refractivity contribution in [2.45, 2.75) is 56.1 Å². The Morgan fingerprint density at radius 1 is 1.06 bits per heavy atom. The number of aliphatic hydroxyl groups excluding tert-OH is 1. The molecule has 0 unspecified atom stereocenters. The fourth-order valence-electron chi connectivity index (χ4n) is 7.54. The Bertz CT molecular complexity index is 1600. The van der Waals surface area contributed by atoms with E-state index in [1.807, 2.05) is 31.2 Å². The molecule has 0 saturated carbocycles. The Morgan fingerprint density at radius 3 is 2.58 bits per heavy atom. The highest BCUT2D eigenvalue weighted by atomic mass is 35.5. The number of esters is 1. The van der Waals surface area contributed by atoms with E-state index in [0.29, 0.717) is 22.7 Å². The molecule has 2 N–H and O–H groups in total. The molecule has 0 aromatic heterocycles. The molecule has 3 amide bonds. The van der Waals surface area contributed by atoms with Crippen molar-refractivity contribution in [1.82, 2.24) is 10.2 Å². The summed E-state index contributed by atoms with van der Waals surface area (Å²) in [6.07, 6.45) is 5.85. The van der Waals surface area contributed by atoms with Crippen LogP contribution in [0.25, 0.3) is 0 Å². The third-order valence-corrected chi connectivity index (χ3v) is 9.88. The van der Waals surface area contributed by atoms with Crippen molar-refractivity contribution in [2.75, 3.05) is 38.3 Å².